The summed E-state index contributed by atoms with van der Waals surface area (Å²) in [4.78, 5) is 4.52. The second-order valence-corrected chi connectivity index (χ2v) is 9.98. The topological polar surface area (TPSA) is 12.9 Å². The Bertz CT molecular complexity index is 1270. The summed E-state index contributed by atoms with van der Waals surface area (Å²) in [5.41, 5.74) is 5.01. The lowest BCUT2D eigenvalue weighted by molar-refractivity contribution is 0.273. The van der Waals surface area contributed by atoms with Gasteiger partial charge in [0.05, 0.1) is 92.0 Å². The summed E-state index contributed by atoms with van der Waals surface area (Å²) < 4.78 is 0. The molecule has 0 aliphatic heterocycles. The van der Waals surface area contributed by atoms with E-state index in [4.69, 9.17) is 86.3 Å². The van der Waals surface area contributed by atoms with E-state index in [1.54, 1.807) is 30.5 Å². The van der Waals surface area contributed by atoms with Gasteiger partial charge in [-0.25, -0.2) is 0 Å². The average Bonchev–Trinajstić information content (AvgIpc) is 2.82. The van der Waals surface area contributed by atoms with Crippen LogP contribution in [0.2, 0.25) is 26.1 Å². The number of pyridine rings is 1. The molecule has 36 heavy (non-hydrogen) atoms. The Kier molecular flexibility index (Phi) is 6.38. The molecule has 1 aromatic heterocycles. The van der Waals surface area contributed by atoms with E-state index >= 15 is 0 Å². The van der Waals surface area contributed by atoms with E-state index in [1.807, 2.05) is 43.3 Å². The van der Waals surface area contributed by atoms with Crippen molar-refractivity contribution in [2.75, 3.05) is 0 Å². The Morgan fingerprint density at radius 3 is 1.58 bits per heavy atom. The van der Waals surface area contributed by atoms with Gasteiger partial charge in [-0.2, -0.15) is 0 Å². The molecule has 0 N–H and O–H groups in total. The van der Waals surface area contributed by atoms with Gasteiger partial charge in [-0.1, -0.05) is 59.4 Å². The Morgan fingerprint density at radius 2 is 1.06 bits per heavy atom. The fraction of sp³-hybridized carbons (Fsp3) is 0.292. The molecule has 0 amide bonds. The maximum atomic E-state index is 6.77. The van der Waals surface area contributed by atoms with Gasteiger partial charge < -0.3 is 0 Å². The van der Waals surface area contributed by atoms with Crippen LogP contribution in [0.3, 0.4) is 0 Å². The molecule has 0 spiro atoms. The highest BCUT2D eigenvalue weighted by atomic mass is 14.7. The second-order valence-electron chi connectivity index (χ2n) is 9.98. The minimum atomic E-state index is -2.31. The number of hydrogen-bond acceptors (Lipinski definition) is 1. The fourth-order valence-electron chi connectivity index (χ4n) is 5.04. The van der Waals surface area contributed by atoms with E-state index in [0.717, 1.165) is 27.9 Å². The van der Waals surface area contributed by atoms with Gasteiger partial charge in [0, 0.05) is 11.8 Å². The van der Waals surface area contributed by atoms with E-state index in [1.165, 1.54) is 0 Å². The molecule has 1 saturated carbocycles. The van der Waals surface area contributed by atoms with E-state index in [0.29, 0.717) is 0 Å². The first-order chi connectivity index (χ1) is 16.4. The van der Waals surface area contributed by atoms with Gasteiger partial charge in [-0.05, 0) is 35.7 Å². The molecular formula is C24H14B11N. The molecule has 0 atom stereocenters. The molecule has 1 aliphatic rings. The number of nitrogens with zero attached hydrogens (tertiary/aromatic N) is 1. The van der Waals surface area contributed by atoms with Crippen LogP contribution in [0, 0.1) is 6.92 Å². The normalized spacial score (nSPS) is 22.4. The summed E-state index contributed by atoms with van der Waals surface area (Å²) in [5, 5.41) is -13.5. The standard InChI is InChI=1S/C24H14B11N/c1-13-4-2-3-5-17(13)18-12-15(10-11-36-18)14-6-8-16(9-7-14)19(25)20(26,27)22(30,31)24(34,35)23(32,33)21(19,28)29/h2-12H,1H3. The van der Waals surface area contributed by atoms with Gasteiger partial charge in [-0.15, -0.1) is 26.1 Å². The molecule has 2 aromatic carbocycles. The van der Waals surface area contributed by atoms with Gasteiger partial charge in [-0.3, -0.25) is 4.98 Å². The maximum Gasteiger partial charge on any atom is 0.0784 e. The Balaban J connectivity index is 1.82. The third kappa shape index (κ3) is 3.34. The van der Waals surface area contributed by atoms with Gasteiger partial charge in [0.25, 0.3) is 0 Å². The van der Waals surface area contributed by atoms with Crippen molar-refractivity contribution in [3.05, 3.63) is 78.0 Å². The van der Waals surface area contributed by atoms with Gasteiger partial charge in [0.2, 0.25) is 0 Å². The van der Waals surface area contributed by atoms with Crippen LogP contribution in [0.25, 0.3) is 22.4 Å². The van der Waals surface area contributed by atoms with Crippen molar-refractivity contribution in [1.82, 2.24) is 4.98 Å². The largest absolute Gasteiger partial charge is 0.256 e. The molecule has 148 valence electrons. The number of rotatable bonds is 3. The summed E-state index contributed by atoms with van der Waals surface area (Å²) in [7, 11) is 69.9. The van der Waals surface area contributed by atoms with Crippen LogP contribution >= 0.6 is 0 Å². The van der Waals surface area contributed by atoms with Crippen LogP contribution in [0.15, 0.2) is 66.9 Å². The third-order valence-electron chi connectivity index (χ3n) is 7.90. The van der Waals surface area contributed by atoms with Gasteiger partial charge in [0.15, 0.2) is 0 Å². The van der Waals surface area contributed by atoms with E-state index in [9.17, 15) is 0 Å². The lowest BCUT2D eigenvalue weighted by Crippen LogP contribution is -2.70. The predicted octanol–water partition coefficient (Wildman–Crippen LogP) is 1.37. The quantitative estimate of drug-likeness (QED) is 0.567. The Labute approximate surface area is 229 Å². The van der Waals surface area contributed by atoms with Crippen LogP contribution in [0.5, 0.6) is 0 Å². The van der Waals surface area contributed by atoms with Gasteiger partial charge >= 0.3 is 0 Å². The van der Waals surface area contributed by atoms with Crippen LogP contribution in [0.4, 0.5) is 0 Å². The first-order valence-electron chi connectivity index (χ1n) is 11.3. The molecule has 1 heterocycles. The van der Waals surface area contributed by atoms with Crippen LogP contribution < -0.4 is 0 Å². The highest BCUT2D eigenvalue weighted by Gasteiger charge is 2.69. The van der Waals surface area contributed by atoms with Crippen molar-refractivity contribution in [3.63, 3.8) is 0 Å². The van der Waals surface area contributed by atoms with E-state index in [2.05, 4.69) is 4.98 Å². The molecule has 1 aliphatic carbocycles. The average molecular weight is 435 g/mol. The predicted molar refractivity (Wildman–Crippen MR) is 158 cm³/mol. The van der Waals surface area contributed by atoms with Crippen molar-refractivity contribution in [1.29, 1.82) is 0 Å². The zero-order valence-corrected chi connectivity index (χ0v) is 20.1. The molecule has 0 bridgehead atoms. The molecule has 22 radical (unpaired) electrons. The number of aromatic nitrogens is 1. The molecular weight excluding hydrogens is 421 g/mol. The second kappa shape index (κ2) is 8.41. The van der Waals surface area contributed by atoms with Crippen molar-refractivity contribution in [2.24, 2.45) is 0 Å². The molecule has 0 unspecified atom stereocenters. The van der Waals surface area contributed by atoms with E-state index in [-0.39, 0.29) is 5.56 Å². The minimum absolute atomic E-state index is 0.283. The smallest absolute Gasteiger partial charge is 0.0784 e. The molecule has 12 heteroatoms. The maximum absolute atomic E-state index is 6.77. The SMILES string of the molecule is [B]C1([B])C([B])([B])C([B])([B])C([B])(c2ccc(-c3ccnc(-c4ccccc4C)c3)cc2)C([B])([B])C1([B])[B]. The monoisotopic (exact) mass is 437 g/mol. The summed E-state index contributed by atoms with van der Waals surface area (Å²) in [6, 6.07) is 18.8. The zero-order chi connectivity index (χ0) is 26.9. The molecule has 3 aromatic rings. The lowest BCUT2D eigenvalue weighted by atomic mass is 8.96. The first-order valence-corrected chi connectivity index (χ1v) is 11.3. The molecule has 4 rings (SSSR count). The molecule has 1 nitrogen and oxygen atoms in total. The van der Waals surface area contributed by atoms with Crippen LogP contribution in [-0.2, 0) is 5.31 Å². The summed E-state index contributed by atoms with van der Waals surface area (Å²) in [6.45, 7) is 2.03. The van der Waals surface area contributed by atoms with E-state index < -0.39 is 31.4 Å². The zero-order valence-electron chi connectivity index (χ0n) is 20.1. The van der Waals surface area contributed by atoms with Crippen LogP contribution in [-0.4, -0.2) is 91.3 Å². The highest BCUT2D eigenvalue weighted by molar-refractivity contribution is 6.72. The van der Waals surface area contributed by atoms with Crippen molar-refractivity contribution >= 4 is 86.3 Å². The van der Waals surface area contributed by atoms with Crippen molar-refractivity contribution in [2.45, 2.75) is 38.3 Å². The molecule has 1 fully saturated rings. The molecule has 0 saturated heterocycles. The third-order valence-corrected chi connectivity index (χ3v) is 7.90. The first kappa shape index (κ1) is 27.3. The van der Waals surface area contributed by atoms with Crippen LogP contribution in [0.1, 0.15) is 11.1 Å². The fourth-order valence-corrected chi connectivity index (χ4v) is 5.04. The minimum Gasteiger partial charge on any atom is -0.256 e. The number of hydrogen-bond donors (Lipinski definition) is 0. The number of aryl methyl sites for hydroxylation is 1. The number of benzene rings is 2. The summed E-state index contributed by atoms with van der Waals surface area (Å²) >= 11 is 0. The lowest BCUT2D eigenvalue weighted by Gasteiger charge is -2.82. The highest BCUT2D eigenvalue weighted by Crippen LogP contribution is 2.83. The summed E-state index contributed by atoms with van der Waals surface area (Å²) in [6.07, 6.45) is 1.74. The van der Waals surface area contributed by atoms with Crippen molar-refractivity contribution in [3.8, 4) is 22.4 Å². The summed E-state index contributed by atoms with van der Waals surface area (Å²) in [5.74, 6) is 0. The van der Waals surface area contributed by atoms with Crippen molar-refractivity contribution < 1.29 is 0 Å². The van der Waals surface area contributed by atoms with Gasteiger partial charge in [0.1, 0.15) is 0 Å². The Hall–Kier alpha value is -1.70. The Morgan fingerprint density at radius 1 is 0.556 bits per heavy atom.